The minimum absolute atomic E-state index is 0.263. The van der Waals surface area contributed by atoms with Crippen molar-refractivity contribution in [3.63, 3.8) is 0 Å². The van der Waals surface area contributed by atoms with Crippen molar-refractivity contribution >= 4 is 11.9 Å². The summed E-state index contributed by atoms with van der Waals surface area (Å²) in [5.41, 5.74) is 0. The molecule has 0 fully saturated rings. The van der Waals surface area contributed by atoms with Crippen LogP contribution in [0, 0.1) is 0 Å². The third-order valence-electron chi connectivity index (χ3n) is 8.59. The van der Waals surface area contributed by atoms with Gasteiger partial charge in [0.05, 0.1) is 0 Å². The number of unbranched alkanes of at least 4 members (excludes halogenated alkanes) is 22. The lowest BCUT2D eigenvalue weighted by Crippen LogP contribution is -2.36. The summed E-state index contributed by atoms with van der Waals surface area (Å²) in [6, 6.07) is 0. The van der Waals surface area contributed by atoms with E-state index in [1.807, 2.05) is 6.92 Å². The molecule has 0 spiro atoms. The van der Waals surface area contributed by atoms with E-state index in [4.69, 9.17) is 9.47 Å². The van der Waals surface area contributed by atoms with E-state index in [0.29, 0.717) is 19.3 Å². The normalized spacial score (nSPS) is 12.0. The largest absolute Gasteiger partial charge is 0.423 e. The number of carbonyl (C=O) groups is 2. The molecule has 0 heterocycles. The van der Waals surface area contributed by atoms with Crippen LogP contribution >= 0.6 is 0 Å². The molecule has 0 radical (unpaired) electrons. The third kappa shape index (κ3) is 30.4. The number of hydrogen-bond donors (Lipinski definition) is 0. The molecule has 44 heavy (non-hydrogen) atoms. The molecule has 0 aromatic carbocycles. The highest BCUT2D eigenvalue weighted by Crippen LogP contribution is 2.21. The van der Waals surface area contributed by atoms with E-state index >= 15 is 0 Å². The van der Waals surface area contributed by atoms with Crippen LogP contribution in [-0.4, -0.2) is 17.7 Å². The lowest BCUT2D eigenvalue weighted by molar-refractivity contribution is -0.223. The van der Waals surface area contributed by atoms with Crippen LogP contribution in [0.1, 0.15) is 214 Å². The topological polar surface area (TPSA) is 52.6 Å². The Morgan fingerprint density at radius 1 is 0.432 bits per heavy atom. The van der Waals surface area contributed by atoms with Gasteiger partial charge in [-0.2, -0.15) is 0 Å². The second kappa shape index (κ2) is 32.8. The molecule has 0 amide bonds. The van der Waals surface area contributed by atoms with Crippen molar-refractivity contribution in [2.24, 2.45) is 0 Å². The monoisotopic (exact) mass is 619 g/mol. The van der Waals surface area contributed by atoms with Crippen LogP contribution in [0.2, 0.25) is 0 Å². The van der Waals surface area contributed by atoms with E-state index < -0.39 is 5.79 Å². The maximum atomic E-state index is 12.4. The van der Waals surface area contributed by atoms with Crippen LogP contribution in [0.3, 0.4) is 0 Å². The summed E-state index contributed by atoms with van der Waals surface area (Å²) in [5, 5.41) is 0. The van der Waals surface area contributed by atoms with Crippen LogP contribution < -0.4 is 0 Å². The Bertz CT molecular complexity index is 641. The van der Waals surface area contributed by atoms with Crippen molar-refractivity contribution in [2.75, 3.05) is 0 Å². The SMILES string of the molecule is CCCCCCCC/C=C\CCCCCCCC(=O)OC(C)(CC)OC(=O)CCCCCCC/C=C\CCCCCCCC. The van der Waals surface area contributed by atoms with Crippen molar-refractivity contribution in [1.82, 2.24) is 0 Å². The molecule has 0 aliphatic heterocycles. The summed E-state index contributed by atoms with van der Waals surface area (Å²) in [5.74, 6) is -1.68. The Morgan fingerprint density at radius 3 is 1.00 bits per heavy atom. The molecule has 0 aromatic heterocycles. The fourth-order valence-electron chi connectivity index (χ4n) is 5.43. The van der Waals surface area contributed by atoms with Gasteiger partial charge in [-0.15, -0.1) is 0 Å². The number of esters is 2. The maximum Gasteiger partial charge on any atom is 0.309 e. The average molecular weight is 619 g/mol. The van der Waals surface area contributed by atoms with Crippen molar-refractivity contribution in [3.05, 3.63) is 24.3 Å². The molecule has 258 valence electrons. The number of carbonyl (C=O) groups excluding carboxylic acids is 2. The van der Waals surface area contributed by atoms with Gasteiger partial charge in [-0.05, 0) is 64.2 Å². The zero-order chi connectivity index (χ0) is 32.4. The van der Waals surface area contributed by atoms with Crippen LogP contribution in [-0.2, 0) is 19.1 Å². The van der Waals surface area contributed by atoms with Gasteiger partial charge >= 0.3 is 11.9 Å². The molecule has 0 rings (SSSR count). The van der Waals surface area contributed by atoms with E-state index in [9.17, 15) is 9.59 Å². The van der Waals surface area contributed by atoms with E-state index in [2.05, 4.69) is 38.2 Å². The van der Waals surface area contributed by atoms with Crippen molar-refractivity contribution in [1.29, 1.82) is 0 Å². The van der Waals surface area contributed by atoms with E-state index in [0.717, 1.165) is 51.4 Å². The van der Waals surface area contributed by atoms with Crippen LogP contribution in [0.5, 0.6) is 0 Å². The van der Waals surface area contributed by atoms with Gasteiger partial charge in [0.25, 0.3) is 5.79 Å². The predicted molar refractivity (Wildman–Crippen MR) is 190 cm³/mol. The second-order valence-electron chi connectivity index (χ2n) is 13.1. The summed E-state index contributed by atoms with van der Waals surface area (Å²) in [7, 11) is 0. The smallest absolute Gasteiger partial charge is 0.309 e. The van der Waals surface area contributed by atoms with Crippen molar-refractivity contribution in [3.8, 4) is 0 Å². The fourth-order valence-corrected chi connectivity index (χ4v) is 5.43. The Labute approximate surface area is 274 Å². The summed E-state index contributed by atoms with van der Waals surface area (Å²) in [6.07, 6.45) is 42.6. The molecule has 0 unspecified atom stereocenters. The first kappa shape index (κ1) is 42.4. The van der Waals surface area contributed by atoms with Gasteiger partial charge in [0, 0.05) is 26.2 Å². The number of ether oxygens (including phenoxy) is 2. The Hall–Kier alpha value is -1.58. The van der Waals surface area contributed by atoms with Gasteiger partial charge in [0.1, 0.15) is 0 Å². The number of hydrogen-bond acceptors (Lipinski definition) is 4. The molecule has 0 saturated carbocycles. The molecular weight excluding hydrogens is 544 g/mol. The van der Waals surface area contributed by atoms with Gasteiger partial charge in [-0.1, -0.05) is 148 Å². The van der Waals surface area contributed by atoms with Crippen LogP contribution in [0.4, 0.5) is 0 Å². The lowest BCUT2D eigenvalue weighted by atomic mass is 10.1. The molecule has 4 heteroatoms. The Balaban J connectivity index is 3.73. The first-order valence-electron chi connectivity index (χ1n) is 19.2. The zero-order valence-electron chi connectivity index (χ0n) is 29.9. The summed E-state index contributed by atoms with van der Waals surface area (Å²) in [6.45, 7) is 8.13. The van der Waals surface area contributed by atoms with Gasteiger partial charge in [0.2, 0.25) is 0 Å². The molecule has 0 N–H and O–H groups in total. The van der Waals surface area contributed by atoms with Crippen LogP contribution in [0.25, 0.3) is 0 Å². The van der Waals surface area contributed by atoms with E-state index in [-0.39, 0.29) is 11.9 Å². The third-order valence-corrected chi connectivity index (χ3v) is 8.59. The zero-order valence-corrected chi connectivity index (χ0v) is 29.9. The maximum absolute atomic E-state index is 12.4. The highest BCUT2D eigenvalue weighted by molar-refractivity contribution is 5.72. The molecule has 4 nitrogen and oxygen atoms in total. The van der Waals surface area contributed by atoms with E-state index in [1.165, 1.54) is 116 Å². The molecule has 0 aliphatic carbocycles. The van der Waals surface area contributed by atoms with Gasteiger partial charge in [-0.25, -0.2) is 0 Å². The summed E-state index contributed by atoms with van der Waals surface area (Å²) in [4.78, 5) is 24.8. The summed E-state index contributed by atoms with van der Waals surface area (Å²) < 4.78 is 11.2. The fraction of sp³-hybridized carbons (Fsp3) is 0.850. The van der Waals surface area contributed by atoms with Crippen LogP contribution in [0.15, 0.2) is 24.3 Å². The molecule has 0 saturated heterocycles. The van der Waals surface area contributed by atoms with Crippen molar-refractivity contribution in [2.45, 2.75) is 220 Å². The predicted octanol–water partition coefficient (Wildman–Crippen LogP) is 13.3. The first-order chi connectivity index (χ1) is 21.5. The van der Waals surface area contributed by atoms with Crippen molar-refractivity contribution < 1.29 is 19.1 Å². The molecule has 0 atom stereocenters. The minimum Gasteiger partial charge on any atom is -0.423 e. The lowest BCUT2D eigenvalue weighted by Gasteiger charge is -2.28. The van der Waals surface area contributed by atoms with E-state index in [1.54, 1.807) is 6.92 Å². The number of rotatable bonds is 33. The highest BCUT2D eigenvalue weighted by atomic mass is 16.7. The molecular formula is C40H74O4. The second-order valence-corrected chi connectivity index (χ2v) is 13.1. The molecule has 0 aromatic rings. The highest BCUT2D eigenvalue weighted by Gasteiger charge is 2.30. The molecule has 0 aliphatic rings. The van der Waals surface area contributed by atoms with Gasteiger partial charge in [0.15, 0.2) is 0 Å². The first-order valence-corrected chi connectivity index (χ1v) is 19.2. The minimum atomic E-state index is -1.15. The standard InChI is InChI=1S/C40H74O4/c1-5-8-10-12-14-16-18-20-22-24-26-28-30-32-34-36-38(41)43-40(4,7-3)44-39(42)37-35-33-31-29-27-25-23-21-19-17-15-13-11-9-6-2/h20-23H,5-19,24-37H2,1-4H3/b22-20-,23-21-. The van der Waals surface area contributed by atoms with Gasteiger partial charge in [-0.3, -0.25) is 9.59 Å². The van der Waals surface area contributed by atoms with Gasteiger partial charge < -0.3 is 9.47 Å². The summed E-state index contributed by atoms with van der Waals surface area (Å²) >= 11 is 0. The molecule has 0 bridgehead atoms. The Morgan fingerprint density at radius 2 is 0.705 bits per heavy atom. The number of allylic oxidation sites excluding steroid dienone is 4. The average Bonchev–Trinajstić information content (AvgIpc) is 3.01. The quantitative estimate of drug-likeness (QED) is 0.0318. The Kier molecular flexibility index (Phi) is 31.6.